The molecular formula is C14H19NO4. The van der Waals surface area contributed by atoms with Gasteiger partial charge in [-0.3, -0.25) is 10.1 Å². The minimum atomic E-state index is -0.435. The van der Waals surface area contributed by atoms with Gasteiger partial charge in [-0.25, -0.2) is 0 Å². The van der Waals surface area contributed by atoms with Crippen LogP contribution in [0.15, 0.2) is 18.2 Å². The Morgan fingerprint density at radius 3 is 2.79 bits per heavy atom. The van der Waals surface area contributed by atoms with Crippen molar-refractivity contribution in [2.45, 2.75) is 26.4 Å². The van der Waals surface area contributed by atoms with Crippen molar-refractivity contribution in [2.75, 3.05) is 13.7 Å². The van der Waals surface area contributed by atoms with Crippen molar-refractivity contribution in [3.63, 3.8) is 0 Å². The van der Waals surface area contributed by atoms with Gasteiger partial charge >= 0.3 is 5.69 Å². The highest BCUT2D eigenvalue weighted by molar-refractivity contribution is 5.48. The predicted octanol–water partition coefficient (Wildman–Crippen LogP) is 3.17. The monoisotopic (exact) mass is 265 g/mol. The number of methoxy groups -OCH3 is 1. The lowest BCUT2D eigenvalue weighted by molar-refractivity contribution is -0.385. The number of nitrogens with zero attached hydrogens (tertiary/aromatic N) is 1. The summed E-state index contributed by atoms with van der Waals surface area (Å²) in [5.41, 5.74) is 0.786. The molecule has 5 heteroatoms. The van der Waals surface area contributed by atoms with Crippen molar-refractivity contribution in [1.82, 2.24) is 0 Å². The van der Waals surface area contributed by atoms with Gasteiger partial charge < -0.3 is 9.47 Å². The summed E-state index contributed by atoms with van der Waals surface area (Å²) in [7, 11) is 1.43. The lowest BCUT2D eigenvalue weighted by atomic mass is 10.1. The van der Waals surface area contributed by atoms with E-state index in [1.54, 1.807) is 12.1 Å². The summed E-state index contributed by atoms with van der Waals surface area (Å²) in [4.78, 5) is 10.5. The van der Waals surface area contributed by atoms with Crippen LogP contribution >= 0.6 is 0 Å². The molecule has 0 unspecified atom stereocenters. The molecule has 1 aromatic rings. The van der Waals surface area contributed by atoms with Crippen molar-refractivity contribution in [3.8, 4) is 5.75 Å². The summed E-state index contributed by atoms with van der Waals surface area (Å²) in [6.45, 7) is 3.31. The van der Waals surface area contributed by atoms with Gasteiger partial charge in [-0.05, 0) is 36.3 Å². The Hall–Kier alpha value is -1.62. The second-order valence-electron chi connectivity index (χ2n) is 5.09. The van der Waals surface area contributed by atoms with Crippen molar-refractivity contribution in [3.05, 3.63) is 33.9 Å². The van der Waals surface area contributed by atoms with E-state index in [1.165, 1.54) is 26.0 Å². The fourth-order valence-electron chi connectivity index (χ4n) is 2.13. The van der Waals surface area contributed by atoms with Crippen LogP contribution in [0.5, 0.6) is 5.75 Å². The highest BCUT2D eigenvalue weighted by Gasteiger charge is 2.27. The highest BCUT2D eigenvalue weighted by Crippen LogP contribution is 2.36. The summed E-state index contributed by atoms with van der Waals surface area (Å²) in [5, 5.41) is 10.9. The van der Waals surface area contributed by atoms with Crippen LogP contribution < -0.4 is 4.74 Å². The smallest absolute Gasteiger partial charge is 0.311 e. The number of benzene rings is 1. The zero-order valence-corrected chi connectivity index (χ0v) is 11.3. The van der Waals surface area contributed by atoms with Gasteiger partial charge in [-0.2, -0.15) is 0 Å². The molecule has 19 heavy (non-hydrogen) atoms. The molecule has 2 rings (SSSR count). The molecule has 1 atom stereocenters. The fraction of sp³-hybridized carbons (Fsp3) is 0.571. The molecule has 0 radical (unpaired) electrons. The van der Waals surface area contributed by atoms with Crippen LogP contribution in [0.2, 0.25) is 0 Å². The number of nitro groups is 1. The summed E-state index contributed by atoms with van der Waals surface area (Å²) in [5.74, 6) is 1.67. The Morgan fingerprint density at radius 1 is 1.47 bits per heavy atom. The quantitative estimate of drug-likeness (QED) is 0.561. The Bertz CT molecular complexity index is 457. The summed E-state index contributed by atoms with van der Waals surface area (Å²) < 4.78 is 10.6. The second kappa shape index (κ2) is 6.02. The topological polar surface area (TPSA) is 61.6 Å². The van der Waals surface area contributed by atoms with Crippen molar-refractivity contribution >= 4 is 5.69 Å². The number of nitro benzene ring substituents is 1. The van der Waals surface area contributed by atoms with Gasteiger partial charge in [0.05, 0.1) is 18.6 Å². The Balaban J connectivity index is 1.92. The third-order valence-electron chi connectivity index (χ3n) is 3.52. The minimum Gasteiger partial charge on any atom is -0.490 e. The number of hydrogen-bond acceptors (Lipinski definition) is 4. The van der Waals surface area contributed by atoms with E-state index < -0.39 is 4.92 Å². The third-order valence-corrected chi connectivity index (χ3v) is 3.52. The van der Waals surface area contributed by atoms with Gasteiger partial charge in [0.1, 0.15) is 0 Å². The zero-order chi connectivity index (χ0) is 13.8. The summed E-state index contributed by atoms with van der Waals surface area (Å²) in [6, 6.07) is 4.93. The third kappa shape index (κ3) is 3.67. The molecule has 0 N–H and O–H groups in total. The van der Waals surface area contributed by atoms with Gasteiger partial charge in [0.25, 0.3) is 0 Å². The van der Waals surface area contributed by atoms with Gasteiger partial charge in [0.2, 0.25) is 0 Å². The van der Waals surface area contributed by atoms with E-state index in [0.29, 0.717) is 19.1 Å². The average Bonchev–Trinajstić information content (AvgIpc) is 3.22. The molecule has 0 saturated heterocycles. The van der Waals surface area contributed by atoms with Crippen LogP contribution in [-0.2, 0) is 11.3 Å². The predicted molar refractivity (Wildman–Crippen MR) is 71.2 cm³/mol. The first-order valence-electron chi connectivity index (χ1n) is 6.51. The first-order valence-corrected chi connectivity index (χ1v) is 6.51. The summed E-state index contributed by atoms with van der Waals surface area (Å²) >= 11 is 0. The summed E-state index contributed by atoms with van der Waals surface area (Å²) in [6.07, 6.45) is 2.61. The molecule has 1 aromatic carbocycles. The van der Waals surface area contributed by atoms with E-state index >= 15 is 0 Å². The van der Waals surface area contributed by atoms with Gasteiger partial charge in [0.15, 0.2) is 5.75 Å². The number of rotatable bonds is 7. The maximum atomic E-state index is 10.9. The minimum absolute atomic E-state index is 0.0150. The number of ether oxygens (including phenoxy) is 2. The Kier molecular flexibility index (Phi) is 4.37. The SMILES string of the molecule is COc1ccc(COC[C@H](C)C2CC2)cc1[N+](=O)[O-]. The van der Waals surface area contributed by atoms with Crippen LogP contribution in [0, 0.1) is 22.0 Å². The molecule has 0 aromatic heterocycles. The first-order chi connectivity index (χ1) is 9.11. The van der Waals surface area contributed by atoms with E-state index in [0.717, 1.165) is 11.5 Å². The number of hydrogen-bond donors (Lipinski definition) is 0. The standard InChI is InChI=1S/C14H19NO4/c1-10(12-4-5-12)8-19-9-11-3-6-14(18-2)13(7-11)15(16)17/h3,6-7,10,12H,4-5,8-9H2,1-2H3/t10-/m0/s1. The molecule has 1 aliphatic carbocycles. The highest BCUT2D eigenvalue weighted by atomic mass is 16.6. The lowest BCUT2D eigenvalue weighted by Gasteiger charge is -2.11. The maximum Gasteiger partial charge on any atom is 0.311 e. The molecule has 0 amide bonds. The van der Waals surface area contributed by atoms with Crippen LogP contribution in [0.3, 0.4) is 0 Å². The van der Waals surface area contributed by atoms with Crippen molar-refractivity contribution < 1.29 is 14.4 Å². The molecule has 1 fully saturated rings. The van der Waals surface area contributed by atoms with E-state index in [9.17, 15) is 10.1 Å². The van der Waals surface area contributed by atoms with Gasteiger partial charge in [-0.15, -0.1) is 0 Å². The van der Waals surface area contributed by atoms with Crippen LogP contribution in [-0.4, -0.2) is 18.6 Å². The maximum absolute atomic E-state index is 10.9. The second-order valence-corrected chi connectivity index (χ2v) is 5.09. The Morgan fingerprint density at radius 2 is 2.21 bits per heavy atom. The largest absolute Gasteiger partial charge is 0.490 e. The van der Waals surface area contributed by atoms with Crippen LogP contribution in [0.4, 0.5) is 5.69 Å². The van der Waals surface area contributed by atoms with E-state index in [-0.39, 0.29) is 11.4 Å². The Labute approximate surface area is 112 Å². The normalized spacial score (nSPS) is 16.1. The average molecular weight is 265 g/mol. The fourth-order valence-corrected chi connectivity index (χ4v) is 2.13. The molecule has 0 bridgehead atoms. The molecule has 1 aliphatic rings. The van der Waals surface area contributed by atoms with Gasteiger partial charge in [-0.1, -0.05) is 13.0 Å². The molecule has 0 heterocycles. The lowest BCUT2D eigenvalue weighted by Crippen LogP contribution is -2.08. The molecular weight excluding hydrogens is 246 g/mol. The van der Waals surface area contributed by atoms with Crippen molar-refractivity contribution in [2.24, 2.45) is 11.8 Å². The first kappa shape index (κ1) is 13.8. The van der Waals surface area contributed by atoms with E-state index in [1.807, 2.05) is 0 Å². The molecule has 5 nitrogen and oxygen atoms in total. The molecule has 0 spiro atoms. The van der Waals surface area contributed by atoms with Crippen LogP contribution in [0.25, 0.3) is 0 Å². The molecule has 1 saturated carbocycles. The van der Waals surface area contributed by atoms with Gasteiger partial charge in [0, 0.05) is 12.7 Å². The molecule has 104 valence electrons. The van der Waals surface area contributed by atoms with Crippen molar-refractivity contribution in [1.29, 1.82) is 0 Å². The zero-order valence-electron chi connectivity index (χ0n) is 11.3. The van der Waals surface area contributed by atoms with E-state index in [4.69, 9.17) is 9.47 Å². The van der Waals surface area contributed by atoms with E-state index in [2.05, 4.69) is 6.92 Å². The van der Waals surface area contributed by atoms with Crippen LogP contribution in [0.1, 0.15) is 25.3 Å². The molecule has 0 aliphatic heterocycles.